The zero-order valence-corrected chi connectivity index (χ0v) is 14.5. The van der Waals surface area contributed by atoms with Crippen molar-refractivity contribution in [3.63, 3.8) is 0 Å². The average molecular weight is 340 g/mol. The van der Waals surface area contributed by atoms with Gasteiger partial charge in [-0.25, -0.2) is 0 Å². The minimum Gasteiger partial charge on any atom is -0.316 e. The van der Waals surface area contributed by atoms with E-state index < -0.39 is 0 Å². The highest BCUT2D eigenvalue weighted by Gasteiger charge is 2.12. The number of rotatable bonds is 6. The number of likely N-dealkylation sites (N-methyl/N-ethyl adjacent to an activating group) is 1. The van der Waals surface area contributed by atoms with Crippen LogP contribution in [0.2, 0.25) is 10.0 Å². The maximum absolute atomic E-state index is 6.27. The van der Waals surface area contributed by atoms with Crippen LogP contribution in [0.25, 0.3) is 0 Å². The summed E-state index contributed by atoms with van der Waals surface area (Å²) >= 11 is 14.2. The predicted octanol–water partition coefficient (Wildman–Crippen LogP) is 5.22. The van der Waals surface area contributed by atoms with Gasteiger partial charge in [0.2, 0.25) is 0 Å². The zero-order valence-electron chi connectivity index (χ0n) is 12.2. The molecule has 0 amide bonds. The minimum atomic E-state index is 0.352. The van der Waals surface area contributed by atoms with Crippen LogP contribution in [0.1, 0.15) is 11.1 Å². The van der Waals surface area contributed by atoms with Gasteiger partial charge in [0.05, 0.1) is 10.0 Å². The van der Waals surface area contributed by atoms with Crippen molar-refractivity contribution in [3.05, 3.63) is 63.6 Å². The molecule has 0 radical (unpaired) electrons. The second-order valence-corrected chi connectivity index (χ2v) is 6.83. The highest BCUT2D eigenvalue weighted by Crippen LogP contribution is 2.28. The van der Waals surface area contributed by atoms with Crippen LogP contribution in [0.15, 0.2) is 47.4 Å². The molecule has 1 nitrogen and oxygen atoms in total. The molecule has 0 aromatic heterocycles. The Morgan fingerprint density at radius 3 is 2.57 bits per heavy atom. The summed E-state index contributed by atoms with van der Waals surface area (Å²) < 4.78 is 0. The molecule has 0 spiro atoms. The van der Waals surface area contributed by atoms with Crippen molar-refractivity contribution in [2.45, 2.75) is 24.3 Å². The van der Waals surface area contributed by atoms with Gasteiger partial charge in [-0.05, 0) is 43.7 Å². The molecule has 0 saturated heterocycles. The van der Waals surface area contributed by atoms with E-state index in [1.807, 2.05) is 37.0 Å². The Kier molecular flexibility index (Phi) is 6.43. The monoisotopic (exact) mass is 339 g/mol. The molecular formula is C17H19Cl2NS. The minimum absolute atomic E-state index is 0.352. The lowest BCUT2D eigenvalue weighted by molar-refractivity contribution is 0.617. The maximum atomic E-state index is 6.27. The van der Waals surface area contributed by atoms with Crippen LogP contribution in [0, 0.1) is 6.92 Å². The first kappa shape index (κ1) is 16.7. The maximum Gasteiger partial charge on any atom is 0.0624 e. The molecule has 21 heavy (non-hydrogen) atoms. The third-order valence-electron chi connectivity index (χ3n) is 3.44. The fraction of sp³-hybridized carbons (Fsp3) is 0.294. The molecule has 1 unspecified atom stereocenters. The number of hydrogen-bond acceptors (Lipinski definition) is 2. The van der Waals surface area contributed by atoms with Crippen molar-refractivity contribution >= 4 is 35.0 Å². The third-order valence-corrected chi connectivity index (χ3v) is 5.64. The van der Waals surface area contributed by atoms with Crippen LogP contribution in [-0.4, -0.2) is 18.8 Å². The molecule has 0 saturated carbocycles. The summed E-state index contributed by atoms with van der Waals surface area (Å²) in [5, 5.41) is 4.65. The largest absolute Gasteiger partial charge is 0.316 e. The van der Waals surface area contributed by atoms with Crippen molar-refractivity contribution in [1.29, 1.82) is 0 Å². The van der Waals surface area contributed by atoms with Crippen LogP contribution in [0.3, 0.4) is 0 Å². The summed E-state index contributed by atoms with van der Waals surface area (Å²) in [4.78, 5) is 1.33. The molecule has 0 bridgehead atoms. The van der Waals surface area contributed by atoms with Gasteiger partial charge in [-0.2, -0.15) is 0 Å². The summed E-state index contributed by atoms with van der Waals surface area (Å²) in [6.45, 7) is 2.14. The molecule has 112 valence electrons. The summed E-state index contributed by atoms with van der Waals surface area (Å²) in [5.41, 5.74) is 2.41. The molecule has 0 aliphatic heterocycles. The van der Waals surface area contributed by atoms with Crippen molar-refractivity contribution in [2.24, 2.45) is 0 Å². The van der Waals surface area contributed by atoms with Gasteiger partial charge in [-0.3, -0.25) is 0 Å². The van der Waals surface area contributed by atoms with E-state index >= 15 is 0 Å². The Morgan fingerprint density at radius 1 is 1.10 bits per heavy atom. The number of nitrogens with one attached hydrogen (secondary N) is 1. The smallest absolute Gasteiger partial charge is 0.0624 e. The summed E-state index contributed by atoms with van der Waals surface area (Å²) in [6.07, 6.45) is 0.870. The van der Waals surface area contributed by atoms with Crippen LogP contribution < -0.4 is 5.32 Å². The van der Waals surface area contributed by atoms with Crippen LogP contribution in [0.5, 0.6) is 0 Å². The SMILES string of the molecule is CNC(CSc1ccccc1C)Cc1cccc(Cl)c1Cl. The number of hydrogen-bond donors (Lipinski definition) is 1. The Hall–Kier alpha value is -0.670. The Bertz CT molecular complexity index is 601. The van der Waals surface area contributed by atoms with Gasteiger partial charge in [0.25, 0.3) is 0 Å². The fourth-order valence-corrected chi connectivity index (χ4v) is 3.66. The van der Waals surface area contributed by atoms with Crippen molar-refractivity contribution in [1.82, 2.24) is 5.32 Å². The lowest BCUT2D eigenvalue weighted by atomic mass is 10.1. The van der Waals surface area contributed by atoms with Gasteiger partial charge in [0.15, 0.2) is 0 Å². The quantitative estimate of drug-likeness (QED) is 0.723. The molecule has 2 aromatic rings. The Labute approximate surface area is 141 Å². The first-order chi connectivity index (χ1) is 10.1. The van der Waals surface area contributed by atoms with Crippen LogP contribution in [0.4, 0.5) is 0 Å². The molecule has 4 heteroatoms. The van der Waals surface area contributed by atoms with Crippen LogP contribution >= 0.6 is 35.0 Å². The Balaban J connectivity index is 2.01. The molecule has 2 aromatic carbocycles. The van der Waals surface area contributed by atoms with Crippen LogP contribution in [-0.2, 0) is 6.42 Å². The van der Waals surface area contributed by atoms with E-state index in [1.54, 1.807) is 0 Å². The van der Waals surface area contributed by atoms with E-state index in [-0.39, 0.29) is 0 Å². The third kappa shape index (κ3) is 4.65. The van der Waals surface area contributed by atoms with E-state index in [0.29, 0.717) is 16.1 Å². The van der Waals surface area contributed by atoms with Gasteiger partial charge in [0, 0.05) is 16.7 Å². The average Bonchev–Trinajstić information content (AvgIpc) is 2.49. The first-order valence-corrected chi connectivity index (χ1v) is 8.64. The topological polar surface area (TPSA) is 12.0 Å². The highest BCUT2D eigenvalue weighted by molar-refractivity contribution is 7.99. The molecule has 0 aliphatic carbocycles. The van der Waals surface area contributed by atoms with Crippen molar-refractivity contribution in [3.8, 4) is 0 Å². The normalized spacial score (nSPS) is 12.4. The van der Waals surface area contributed by atoms with E-state index in [2.05, 4.69) is 36.5 Å². The second kappa shape index (κ2) is 8.09. The lowest BCUT2D eigenvalue weighted by Crippen LogP contribution is -2.30. The molecule has 1 atom stereocenters. The van der Waals surface area contributed by atoms with E-state index in [4.69, 9.17) is 23.2 Å². The van der Waals surface area contributed by atoms with Crippen molar-refractivity contribution in [2.75, 3.05) is 12.8 Å². The molecule has 1 N–H and O–H groups in total. The zero-order chi connectivity index (χ0) is 15.2. The molecule has 0 heterocycles. The molecule has 2 rings (SSSR count). The fourth-order valence-electron chi connectivity index (χ4n) is 2.12. The number of aryl methyl sites for hydroxylation is 1. The number of halogens is 2. The van der Waals surface area contributed by atoms with E-state index in [1.165, 1.54) is 10.5 Å². The molecule has 0 fully saturated rings. The van der Waals surface area contributed by atoms with Gasteiger partial charge in [-0.1, -0.05) is 53.5 Å². The lowest BCUT2D eigenvalue weighted by Gasteiger charge is -2.17. The van der Waals surface area contributed by atoms with E-state index in [0.717, 1.165) is 17.7 Å². The summed E-state index contributed by atoms with van der Waals surface area (Å²) in [6, 6.07) is 14.6. The van der Waals surface area contributed by atoms with Gasteiger partial charge in [-0.15, -0.1) is 11.8 Å². The second-order valence-electron chi connectivity index (χ2n) is 4.98. The number of benzene rings is 2. The summed E-state index contributed by atoms with van der Waals surface area (Å²) in [7, 11) is 1.99. The van der Waals surface area contributed by atoms with Gasteiger partial charge in [0.1, 0.15) is 0 Å². The first-order valence-electron chi connectivity index (χ1n) is 6.90. The van der Waals surface area contributed by atoms with Gasteiger partial charge >= 0.3 is 0 Å². The highest BCUT2D eigenvalue weighted by atomic mass is 35.5. The predicted molar refractivity (Wildman–Crippen MR) is 94.9 cm³/mol. The molecule has 0 aliphatic rings. The number of thioether (sulfide) groups is 1. The summed E-state index contributed by atoms with van der Waals surface area (Å²) in [5.74, 6) is 0.990. The van der Waals surface area contributed by atoms with E-state index in [9.17, 15) is 0 Å². The van der Waals surface area contributed by atoms with Gasteiger partial charge < -0.3 is 5.32 Å². The standard InChI is InChI=1S/C17H19Cl2NS/c1-12-6-3-4-9-16(12)21-11-14(20-2)10-13-7-5-8-15(18)17(13)19/h3-9,14,20H,10-11H2,1-2H3. The Morgan fingerprint density at radius 2 is 1.86 bits per heavy atom. The molecular weight excluding hydrogens is 321 g/mol. The van der Waals surface area contributed by atoms with Crippen molar-refractivity contribution < 1.29 is 0 Å².